The third-order valence-corrected chi connectivity index (χ3v) is 3.21. The molecule has 0 N–H and O–H groups in total. The molecule has 1 unspecified atom stereocenters. The summed E-state index contributed by atoms with van der Waals surface area (Å²) in [6, 6.07) is 4.89. The lowest BCUT2D eigenvalue weighted by molar-refractivity contribution is 0.121. The third kappa shape index (κ3) is 2.20. The zero-order valence-corrected chi connectivity index (χ0v) is 9.90. The molecule has 0 amide bonds. The Kier molecular flexibility index (Phi) is 2.79. The number of pyridine rings is 1. The highest BCUT2D eigenvalue weighted by atomic mass is 15.2. The minimum Gasteiger partial charge on any atom is -0.291 e. The van der Waals surface area contributed by atoms with E-state index in [1.54, 1.807) is 0 Å². The largest absolute Gasteiger partial charge is 0.291 e. The van der Waals surface area contributed by atoms with Gasteiger partial charge in [-0.05, 0) is 57.9 Å². The number of likely N-dealkylation sites (tertiary alicyclic amines) is 1. The lowest BCUT2D eigenvalue weighted by Gasteiger charge is -2.37. The number of nitrogens with zero attached hydrogens (tertiary/aromatic N) is 2. The van der Waals surface area contributed by atoms with Crippen molar-refractivity contribution >= 4 is 0 Å². The molecule has 0 bridgehead atoms. The summed E-state index contributed by atoms with van der Waals surface area (Å²) < 4.78 is 0. The van der Waals surface area contributed by atoms with Gasteiger partial charge in [0, 0.05) is 24.0 Å². The fourth-order valence-electron chi connectivity index (χ4n) is 2.50. The summed E-state index contributed by atoms with van der Waals surface area (Å²) in [6.07, 6.45) is 6.38. The van der Waals surface area contributed by atoms with Crippen LogP contribution in [-0.2, 0) is 0 Å². The summed E-state index contributed by atoms with van der Waals surface area (Å²) in [5, 5.41) is 0. The van der Waals surface area contributed by atoms with Crippen LogP contribution in [0.4, 0.5) is 0 Å². The van der Waals surface area contributed by atoms with Gasteiger partial charge in [0.25, 0.3) is 0 Å². The van der Waals surface area contributed by atoms with Gasteiger partial charge in [0.05, 0.1) is 0 Å². The number of hydrogen-bond acceptors (Lipinski definition) is 2. The highest BCUT2D eigenvalue weighted by Crippen LogP contribution is 2.36. The second kappa shape index (κ2) is 3.93. The van der Waals surface area contributed by atoms with Gasteiger partial charge in [-0.2, -0.15) is 0 Å². The van der Waals surface area contributed by atoms with E-state index < -0.39 is 0 Å². The highest BCUT2D eigenvalue weighted by Gasteiger charge is 2.33. The van der Waals surface area contributed by atoms with Crippen molar-refractivity contribution in [3.63, 3.8) is 0 Å². The van der Waals surface area contributed by atoms with Gasteiger partial charge in [0.1, 0.15) is 0 Å². The van der Waals surface area contributed by atoms with Crippen molar-refractivity contribution in [1.29, 1.82) is 0 Å². The Morgan fingerprint density at radius 3 is 2.53 bits per heavy atom. The fraction of sp³-hybridized carbons (Fsp3) is 0.615. The minimum atomic E-state index is 0.268. The molecule has 0 aliphatic carbocycles. The van der Waals surface area contributed by atoms with Crippen molar-refractivity contribution < 1.29 is 0 Å². The van der Waals surface area contributed by atoms with Gasteiger partial charge in [0.15, 0.2) is 0 Å². The topological polar surface area (TPSA) is 16.1 Å². The van der Waals surface area contributed by atoms with Gasteiger partial charge in [-0.15, -0.1) is 0 Å². The molecule has 2 rings (SSSR count). The molecule has 2 nitrogen and oxygen atoms in total. The molecular weight excluding hydrogens is 184 g/mol. The number of rotatable bonds is 1. The van der Waals surface area contributed by atoms with Crippen LogP contribution in [0.25, 0.3) is 0 Å². The van der Waals surface area contributed by atoms with E-state index in [9.17, 15) is 0 Å². The first-order chi connectivity index (χ1) is 7.09. The summed E-state index contributed by atoms with van der Waals surface area (Å²) in [7, 11) is 0. The molecule has 2 heteroatoms. The Bertz CT molecular complexity index is 313. The van der Waals surface area contributed by atoms with Crippen LogP contribution in [0.3, 0.4) is 0 Å². The molecule has 1 aliphatic heterocycles. The van der Waals surface area contributed by atoms with Gasteiger partial charge in [-0.3, -0.25) is 9.88 Å². The molecule has 0 aromatic carbocycles. The molecule has 82 valence electrons. The van der Waals surface area contributed by atoms with E-state index in [2.05, 4.69) is 42.8 Å². The monoisotopic (exact) mass is 204 g/mol. The Balaban J connectivity index is 2.23. The third-order valence-electron chi connectivity index (χ3n) is 3.21. The summed E-state index contributed by atoms with van der Waals surface area (Å²) in [5.41, 5.74) is 1.68. The van der Waals surface area contributed by atoms with Crippen LogP contribution < -0.4 is 0 Å². The average molecular weight is 204 g/mol. The Morgan fingerprint density at radius 2 is 1.93 bits per heavy atom. The van der Waals surface area contributed by atoms with Crippen molar-refractivity contribution in [3.05, 3.63) is 30.1 Å². The standard InChI is InChI=1S/C13H20N2/c1-13(2,3)15-10-4-5-12(15)11-6-8-14-9-7-11/h6-9,12H,4-5,10H2,1-3H3. The van der Waals surface area contributed by atoms with E-state index >= 15 is 0 Å². The molecule has 0 radical (unpaired) electrons. The lowest BCUT2D eigenvalue weighted by atomic mass is 10.0. The van der Waals surface area contributed by atoms with Crippen molar-refractivity contribution in [2.75, 3.05) is 6.54 Å². The number of hydrogen-bond donors (Lipinski definition) is 0. The lowest BCUT2D eigenvalue weighted by Crippen LogP contribution is -2.40. The summed E-state index contributed by atoms with van der Waals surface area (Å²) in [6.45, 7) is 8.11. The van der Waals surface area contributed by atoms with Crippen LogP contribution in [0.5, 0.6) is 0 Å². The van der Waals surface area contributed by atoms with Gasteiger partial charge in [-0.25, -0.2) is 0 Å². The quantitative estimate of drug-likeness (QED) is 0.699. The van der Waals surface area contributed by atoms with Gasteiger partial charge < -0.3 is 0 Å². The zero-order chi connectivity index (χ0) is 10.9. The first-order valence-corrected chi connectivity index (χ1v) is 5.76. The van der Waals surface area contributed by atoms with E-state index in [4.69, 9.17) is 0 Å². The van der Waals surface area contributed by atoms with E-state index in [0.29, 0.717) is 6.04 Å². The predicted octanol–water partition coefficient (Wildman–Crippen LogP) is 3.02. The fourth-order valence-corrected chi connectivity index (χ4v) is 2.50. The molecular formula is C13H20N2. The Hall–Kier alpha value is -0.890. The molecule has 0 spiro atoms. The summed E-state index contributed by atoms with van der Waals surface area (Å²) >= 11 is 0. The molecule has 1 saturated heterocycles. The summed E-state index contributed by atoms with van der Waals surface area (Å²) in [4.78, 5) is 6.69. The van der Waals surface area contributed by atoms with Crippen molar-refractivity contribution in [3.8, 4) is 0 Å². The number of aromatic nitrogens is 1. The maximum Gasteiger partial charge on any atom is 0.0354 e. The van der Waals surface area contributed by atoms with Gasteiger partial charge in [0.2, 0.25) is 0 Å². The molecule has 1 atom stereocenters. The van der Waals surface area contributed by atoms with Crippen LogP contribution in [0, 0.1) is 0 Å². The van der Waals surface area contributed by atoms with E-state index in [0.717, 1.165) is 0 Å². The second-order valence-corrected chi connectivity index (χ2v) is 5.30. The minimum absolute atomic E-state index is 0.268. The first-order valence-electron chi connectivity index (χ1n) is 5.76. The Labute approximate surface area is 92.3 Å². The zero-order valence-electron chi connectivity index (χ0n) is 9.90. The van der Waals surface area contributed by atoms with E-state index in [1.165, 1.54) is 24.9 Å². The average Bonchev–Trinajstić information content (AvgIpc) is 2.67. The van der Waals surface area contributed by atoms with Crippen LogP contribution in [0.2, 0.25) is 0 Å². The molecule has 2 heterocycles. The van der Waals surface area contributed by atoms with E-state index in [-0.39, 0.29) is 5.54 Å². The second-order valence-electron chi connectivity index (χ2n) is 5.30. The molecule has 1 fully saturated rings. The van der Waals surface area contributed by atoms with E-state index in [1.807, 2.05) is 12.4 Å². The van der Waals surface area contributed by atoms with Crippen LogP contribution in [0.15, 0.2) is 24.5 Å². The Morgan fingerprint density at radius 1 is 1.27 bits per heavy atom. The maximum atomic E-state index is 4.09. The molecule has 0 saturated carbocycles. The molecule has 15 heavy (non-hydrogen) atoms. The molecule has 1 aromatic rings. The van der Waals surface area contributed by atoms with Crippen molar-refractivity contribution in [2.24, 2.45) is 0 Å². The maximum absolute atomic E-state index is 4.09. The van der Waals surface area contributed by atoms with Crippen LogP contribution in [-0.4, -0.2) is 22.0 Å². The highest BCUT2D eigenvalue weighted by molar-refractivity contribution is 5.17. The predicted molar refractivity (Wildman–Crippen MR) is 62.7 cm³/mol. The van der Waals surface area contributed by atoms with Crippen molar-refractivity contribution in [1.82, 2.24) is 9.88 Å². The van der Waals surface area contributed by atoms with Crippen LogP contribution >= 0.6 is 0 Å². The van der Waals surface area contributed by atoms with Gasteiger partial charge >= 0.3 is 0 Å². The SMILES string of the molecule is CC(C)(C)N1CCCC1c1ccncc1. The van der Waals surface area contributed by atoms with Gasteiger partial charge in [-0.1, -0.05) is 0 Å². The molecule has 1 aromatic heterocycles. The molecule has 1 aliphatic rings. The first kappa shape index (κ1) is 10.6. The van der Waals surface area contributed by atoms with Crippen molar-refractivity contribution in [2.45, 2.75) is 45.2 Å². The van der Waals surface area contributed by atoms with Crippen LogP contribution in [0.1, 0.15) is 45.2 Å². The smallest absolute Gasteiger partial charge is 0.0354 e. The summed E-state index contributed by atoms with van der Waals surface area (Å²) in [5.74, 6) is 0. The normalized spacial score (nSPS) is 23.3.